The summed E-state index contributed by atoms with van der Waals surface area (Å²) in [7, 11) is 1.53. The summed E-state index contributed by atoms with van der Waals surface area (Å²) in [5.74, 6) is 0.331. The molecule has 2 aromatic heterocycles. The predicted molar refractivity (Wildman–Crippen MR) is 101 cm³/mol. The van der Waals surface area contributed by atoms with E-state index < -0.39 is 0 Å². The molecule has 0 aliphatic heterocycles. The Bertz CT molecular complexity index is 1020. The number of para-hydroxylation sites is 1. The summed E-state index contributed by atoms with van der Waals surface area (Å²) in [6.45, 7) is 4.46. The largest absolute Gasteiger partial charge is 0.496 e. The number of nitrogens with zero attached hydrogens (tertiary/aromatic N) is 2. The summed E-state index contributed by atoms with van der Waals surface area (Å²) in [4.78, 5) is 29.2. The monoisotopic (exact) mass is 351 g/mol. The first-order valence-electron chi connectivity index (χ1n) is 8.39. The number of carbonyl (C=O) groups excluding carboxylic acids is 1. The van der Waals surface area contributed by atoms with Gasteiger partial charge >= 0.3 is 0 Å². The molecule has 1 aromatic carbocycles. The number of methoxy groups -OCH3 is 1. The van der Waals surface area contributed by atoms with Crippen LogP contribution in [0.2, 0.25) is 0 Å². The lowest BCUT2D eigenvalue weighted by Crippen LogP contribution is -2.31. The molecule has 3 rings (SSSR count). The van der Waals surface area contributed by atoms with Crippen LogP contribution in [0.25, 0.3) is 10.9 Å². The lowest BCUT2D eigenvalue weighted by Gasteiger charge is -2.12. The highest BCUT2D eigenvalue weighted by Gasteiger charge is 2.11. The maximum atomic E-state index is 12.6. The molecule has 134 valence electrons. The molecule has 0 radical (unpaired) electrons. The molecular weight excluding hydrogens is 330 g/mol. The van der Waals surface area contributed by atoms with Crippen molar-refractivity contribution in [2.75, 3.05) is 13.7 Å². The summed E-state index contributed by atoms with van der Waals surface area (Å²) in [5.41, 5.74) is 2.70. The summed E-state index contributed by atoms with van der Waals surface area (Å²) in [6, 6.07) is 12.6. The highest BCUT2D eigenvalue weighted by Crippen LogP contribution is 2.17. The van der Waals surface area contributed by atoms with Crippen LogP contribution in [0.3, 0.4) is 0 Å². The van der Waals surface area contributed by atoms with Crippen molar-refractivity contribution in [1.82, 2.24) is 14.9 Å². The Morgan fingerprint density at radius 2 is 2.00 bits per heavy atom. The van der Waals surface area contributed by atoms with Crippen LogP contribution >= 0.6 is 0 Å². The van der Waals surface area contributed by atoms with Gasteiger partial charge < -0.3 is 14.6 Å². The van der Waals surface area contributed by atoms with Crippen molar-refractivity contribution in [3.8, 4) is 5.75 Å². The Hall–Kier alpha value is -3.15. The summed E-state index contributed by atoms with van der Waals surface area (Å²) < 4.78 is 6.70. The fraction of sp³-hybridized carbons (Fsp3) is 0.250. The van der Waals surface area contributed by atoms with Crippen molar-refractivity contribution in [1.29, 1.82) is 0 Å². The first-order valence-corrected chi connectivity index (χ1v) is 8.39. The number of hydrogen-bond acceptors (Lipinski definition) is 4. The third kappa shape index (κ3) is 3.59. The second-order valence-electron chi connectivity index (χ2n) is 6.11. The van der Waals surface area contributed by atoms with E-state index in [0.717, 1.165) is 16.8 Å². The van der Waals surface area contributed by atoms with Gasteiger partial charge in [-0.15, -0.1) is 0 Å². The third-order valence-electron chi connectivity index (χ3n) is 4.27. The molecule has 6 nitrogen and oxygen atoms in total. The van der Waals surface area contributed by atoms with Crippen LogP contribution in [0, 0.1) is 13.8 Å². The topological polar surface area (TPSA) is 73.2 Å². The fourth-order valence-electron chi connectivity index (χ4n) is 2.91. The molecule has 0 unspecified atom stereocenters. The molecule has 1 amide bonds. The van der Waals surface area contributed by atoms with Gasteiger partial charge in [-0.2, -0.15) is 0 Å². The number of ether oxygens (including phenoxy) is 1. The zero-order valence-electron chi connectivity index (χ0n) is 15.1. The molecule has 0 saturated heterocycles. The Morgan fingerprint density at radius 3 is 2.73 bits per heavy atom. The molecule has 0 saturated carbocycles. The van der Waals surface area contributed by atoms with Gasteiger partial charge in [0.15, 0.2) is 0 Å². The number of amides is 1. The highest BCUT2D eigenvalue weighted by molar-refractivity contribution is 6.05. The number of aromatic nitrogens is 2. The summed E-state index contributed by atoms with van der Waals surface area (Å²) in [6.07, 6.45) is 0. The van der Waals surface area contributed by atoms with Crippen LogP contribution in [0.15, 0.2) is 47.3 Å². The van der Waals surface area contributed by atoms with Gasteiger partial charge in [0.05, 0.1) is 18.2 Å². The Morgan fingerprint density at radius 1 is 1.19 bits per heavy atom. The lowest BCUT2D eigenvalue weighted by molar-refractivity contribution is 0.0953. The van der Waals surface area contributed by atoms with Crippen molar-refractivity contribution < 1.29 is 9.53 Å². The van der Waals surface area contributed by atoms with Gasteiger partial charge in [-0.3, -0.25) is 14.6 Å². The van der Waals surface area contributed by atoms with Gasteiger partial charge in [0, 0.05) is 35.9 Å². The maximum absolute atomic E-state index is 12.6. The van der Waals surface area contributed by atoms with Crippen LogP contribution in [-0.4, -0.2) is 29.1 Å². The fourth-order valence-corrected chi connectivity index (χ4v) is 2.91. The van der Waals surface area contributed by atoms with E-state index in [2.05, 4.69) is 10.3 Å². The lowest BCUT2D eigenvalue weighted by atomic mass is 10.1. The van der Waals surface area contributed by atoms with Crippen LogP contribution in [0.5, 0.6) is 5.75 Å². The van der Waals surface area contributed by atoms with E-state index >= 15 is 0 Å². The molecule has 0 atom stereocenters. The number of fused-ring (bicyclic) bond motifs is 1. The minimum Gasteiger partial charge on any atom is -0.496 e. The zero-order chi connectivity index (χ0) is 18.7. The molecule has 3 aromatic rings. The van der Waals surface area contributed by atoms with Crippen molar-refractivity contribution in [3.63, 3.8) is 0 Å². The number of carbonyl (C=O) groups is 1. The van der Waals surface area contributed by atoms with Crippen molar-refractivity contribution >= 4 is 16.8 Å². The minimum absolute atomic E-state index is 0.154. The van der Waals surface area contributed by atoms with E-state index in [1.165, 1.54) is 13.2 Å². The number of benzene rings is 1. The molecule has 0 aliphatic carbocycles. The van der Waals surface area contributed by atoms with Gasteiger partial charge in [0.25, 0.3) is 11.5 Å². The number of hydrogen-bond donors (Lipinski definition) is 1. The Balaban J connectivity index is 1.75. The van der Waals surface area contributed by atoms with E-state index in [-0.39, 0.29) is 11.5 Å². The van der Waals surface area contributed by atoms with E-state index in [1.807, 2.05) is 38.1 Å². The zero-order valence-corrected chi connectivity index (χ0v) is 15.1. The van der Waals surface area contributed by atoms with Crippen LogP contribution in [0.1, 0.15) is 21.7 Å². The Kier molecular flexibility index (Phi) is 5.02. The second-order valence-corrected chi connectivity index (χ2v) is 6.11. The first-order chi connectivity index (χ1) is 12.5. The molecule has 2 heterocycles. The van der Waals surface area contributed by atoms with Crippen LogP contribution < -0.4 is 15.6 Å². The first kappa shape index (κ1) is 17.7. The Labute approximate surface area is 151 Å². The smallest absolute Gasteiger partial charge is 0.254 e. The van der Waals surface area contributed by atoms with Crippen molar-refractivity contribution in [2.45, 2.75) is 20.4 Å². The number of rotatable bonds is 5. The SMILES string of the molecule is COc1cc(C)n(CCNC(=O)c2cccc3ccc(C)nc23)c(=O)c1. The van der Waals surface area contributed by atoms with Gasteiger partial charge in [-0.05, 0) is 32.0 Å². The highest BCUT2D eigenvalue weighted by atomic mass is 16.5. The van der Waals surface area contributed by atoms with Gasteiger partial charge in [0.1, 0.15) is 5.75 Å². The van der Waals surface area contributed by atoms with Gasteiger partial charge in [0.2, 0.25) is 0 Å². The van der Waals surface area contributed by atoms with E-state index in [9.17, 15) is 9.59 Å². The molecule has 0 fully saturated rings. The second kappa shape index (κ2) is 7.39. The maximum Gasteiger partial charge on any atom is 0.254 e. The van der Waals surface area contributed by atoms with Crippen LogP contribution in [0.4, 0.5) is 0 Å². The molecule has 0 bridgehead atoms. The van der Waals surface area contributed by atoms with Crippen molar-refractivity contribution in [3.05, 3.63) is 69.8 Å². The normalized spacial score (nSPS) is 10.7. The van der Waals surface area contributed by atoms with Crippen molar-refractivity contribution in [2.24, 2.45) is 0 Å². The molecule has 26 heavy (non-hydrogen) atoms. The summed E-state index contributed by atoms with van der Waals surface area (Å²) in [5, 5.41) is 3.79. The number of nitrogens with one attached hydrogen (secondary N) is 1. The molecule has 0 spiro atoms. The quantitative estimate of drug-likeness (QED) is 0.766. The van der Waals surface area contributed by atoms with Gasteiger partial charge in [-0.25, -0.2) is 0 Å². The van der Waals surface area contributed by atoms with E-state index in [4.69, 9.17) is 4.74 Å². The van der Waals surface area contributed by atoms with E-state index in [1.54, 1.807) is 16.7 Å². The molecule has 6 heteroatoms. The average Bonchev–Trinajstić information content (AvgIpc) is 2.62. The number of aryl methyl sites for hydroxylation is 2. The third-order valence-corrected chi connectivity index (χ3v) is 4.27. The van der Waals surface area contributed by atoms with Crippen LogP contribution in [-0.2, 0) is 6.54 Å². The average molecular weight is 351 g/mol. The molecular formula is C20H21N3O3. The molecule has 1 N–H and O–H groups in total. The predicted octanol–water partition coefficient (Wildman–Crippen LogP) is 2.45. The minimum atomic E-state index is -0.201. The standard InChI is InChI=1S/C20H21N3O3/c1-13-7-8-15-5-4-6-17(19(15)22-13)20(25)21-9-10-23-14(2)11-16(26-3)12-18(23)24/h4-8,11-12H,9-10H2,1-3H3,(H,21,25). The van der Waals surface area contributed by atoms with Gasteiger partial charge in [-0.1, -0.05) is 18.2 Å². The number of pyridine rings is 2. The summed E-state index contributed by atoms with van der Waals surface area (Å²) >= 11 is 0. The van der Waals surface area contributed by atoms with E-state index in [0.29, 0.717) is 29.9 Å². The molecule has 0 aliphatic rings.